The van der Waals surface area contributed by atoms with Crippen molar-refractivity contribution in [1.82, 2.24) is 9.97 Å². The molecule has 0 saturated carbocycles. The predicted molar refractivity (Wildman–Crippen MR) is 91.4 cm³/mol. The second-order valence-electron chi connectivity index (χ2n) is 5.27. The number of nitrogens with zero attached hydrogens (tertiary/aromatic N) is 2. The second kappa shape index (κ2) is 10.7. The Morgan fingerprint density at radius 1 is 1.14 bits per heavy atom. The van der Waals surface area contributed by atoms with E-state index in [2.05, 4.69) is 41.4 Å². The van der Waals surface area contributed by atoms with Gasteiger partial charge < -0.3 is 15.4 Å². The third-order valence-electron chi connectivity index (χ3n) is 2.84. The van der Waals surface area contributed by atoms with Crippen molar-refractivity contribution in [2.24, 2.45) is 5.92 Å². The van der Waals surface area contributed by atoms with Crippen LogP contribution in [-0.2, 0) is 4.74 Å². The average molecular weight is 312 g/mol. The fraction of sp³-hybridized carbons (Fsp3) is 0.733. The minimum atomic E-state index is 0.691. The van der Waals surface area contributed by atoms with Gasteiger partial charge in [-0.2, -0.15) is 0 Å². The minimum absolute atomic E-state index is 0.691. The van der Waals surface area contributed by atoms with E-state index >= 15 is 0 Å². The van der Waals surface area contributed by atoms with Crippen molar-refractivity contribution in [1.29, 1.82) is 0 Å². The number of rotatable bonds is 11. The molecule has 0 amide bonds. The summed E-state index contributed by atoms with van der Waals surface area (Å²) in [5, 5.41) is 7.37. The smallest absolute Gasteiger partial charge is 0.191 e. The number of hydrogen-bond donors (Lipinski definition) is 2. The van der Waals surface area contributed by atoms with Crippen LogP contribution in [0.25, 0.3) is 0 Å². The molecule has 0 saturated heterocycles. The molecule has 0 fully saturated rings. The highest BCUT2D eigenvalue weighted by atomic mass is 32.2. The first-order valence-electron chi connectivity index (χ1n) is 7.64. The second-order valence-corrected chi connectivity index (χ2v) is 6.05. The molecule has 2 N–H and O–H groups in total. The summed E-state index contributed by atoms with van der Waals surface area (Å²) in [7, 11) is 0. The van der Waals surface area contributed by atoms with Gasteiger partial charge in [0.05, 0.1) is 6.61 Å². The van der Waals surface area contributed by atoms with Crippen molar-refractivity contribution < 1.29 is 4.74 Å². The third kappa shape index (κ3) is 8.12. The molecule has 0 aromatic carbocycles. The van der Waals surface area contributed by atoms with E-state index in [0.717, 1.165) is 49.3 Å². The minimum Gasteiger partial charge on any atom is -0.380 e. The van der Waals surface area contributed by atoms with Gasteiger partial charge >= 0.3 is 0 Å². The van der Waals surface area contributed by atoms with Crippen molar-refractivity contribution in [2.45, 2.75) is 38.8 Å². The molecule has 21 heavy (non-hydrogen) atoms. The van der Waals surface area contributed by atoms with Crippen LogP contribution < -0.4 is 10.6 Å². The SMILES string of the molecule is CCCNc1cc(NCCOCCC(C)C)nc(SC)n1. The first-order valence-corrected chi connectivity index (χ1v) is 8.86. The Bertz CT molecular complexity index is 401. The van der Waals surface area contributed by atoms with Crippen molar-refractivity contribution >= 4 is 23.4 Å². The van der Waals surface area contributed by atoms with Gasteiger partial charge in [-0.3, -0.25) is 0 Å². The van der Waals surface area contributed by atoms with E-state index in [4.69, 9.17) is 4.74 Å². The van der Waals surface area contributed by atoms with Crippen LogP contribution in [0.4, 0.5) is 11.6 Å². The van der Waals surface area contributed by atoms with Crippen molar-refractivity contribution in [2.75, 3.05) is 43.2 Å². The van der Waals surface area contributed by atoms with E-state index in [0.29, 0.717) is 12.5 Å². The van der Waals surface area contributed by atoms with Crippen LogP contribution in [-0.4, -0.2) is 42.5 Å². The summed E-state index contributed by atoms with van der Waals surface area (Å²) in [6, 6.07) is 1.95. The Balaban J connectivity index is 2.39. The van der Waals surface area contributed by atoms with E-state index in [1.165, 1.54) is 0 Å². The van der Waals surface area contributed by atoms with Crippen LogP contribution in [0.2, 0.25) is 0 Å². The first kappa shape index (κ1) is 18.0. The molecule has 0 atom stereocenters. The normalized spacial score (nSPS) is 10.9. The zero-order valence-electron chi connectivity index (χ0n) is 13.6. The fourth-order valence-electron chi connectivity index (χ4n) is 1.62. The van der Waals surface area contributed by atoms with Gasteiger partial charge in [0.1, 0.15) is 11.6 Å². The number of hydrogen-bond acceptors (Lipinski definition) is 6. The Labute approximate surface area is 132 Å². The molecule has 0 radical (unpaired) electrons. The number of nitrogens with one attached hydrogen (secondary N) is 2. The van der Waals surface area contributed by atoms with Crippen LogP contribution in [0, 0.1) is 5.92 Å². The monoisotopic (exact) mass is 312 g/mol. The van der Waals surface area contributed by atoms with Gasteiger partial charge in [0.25, 0.3) is 0 Å². The van der Waals surface area contributed by atoms with Gasteiger partial charge in [0, 0.05) is 25.8 Å². The number of aromatic nitrogens is 2. The molecule has 0 unspecified atom stereocenters. The molecular formula is C15H28N4OS. The quantitative estimate of drug-likeness (QED) is 0.370. The maximum absolute atomic E-state index is 5.59. The lowest BCUT2D eigenvalue weighted by atomic mass is 10.1. The van der Waals surface area contributed by atoms with Gasteiger partial charge in [-0.25, -0.2) is 9.97 Å². The maximum atomic E-state index is 5.59. The summed E-state index contributed by atoms with van der Waals surface area (Å²) >= 11 is 1.55. The molecule has 1 aromatic rings. The lowest BCUT2D eigenvalue weighted by Crippen LogP contribution is -2.13. The van der Waals surface area contributed by atoms with E-state index < -0.39 is 0 Å². The molecule has 0 aliphatic heterocycles. The molecule has 0 aliphatic carbocycles. The molecule has 120 valence electrons. The van der Waals surface area contributed by atoms with Crippen molar-refractivity contribution in [3.05, 3.63) is 6.07 Å². The lowest BCUT2D eigenvalue weighted by Gasteiger charge is -2.11. The number of ether oxygens (including phenoxy) is 1. The summed E-state index contributed by atoms with van der Waals surface area (Å²) in [5.74, 6) is 2.41. The van der Waals surface area contributed by atoms with Gasteiger partial charge in [0.2, 0.25) is 0 Å². The largest absolute Gasteiger partial charge is 0.380 e. The molecule has 0 aliphatic rings. The van der Waals surface area contributed by atoms with Gasteiger partial charge in [-0.05, 0) is 25.0 Å². The summed E-state index contributed by atoms with van der Waals surface area (Å²) in [4.78, 5) is 8.89. The van der Waals surface area contributed by atoms with Crippen molar-refractivity contribution in [3.8, 4) is 0 Å². The van der Waals surface area contributed by atoms with E-state index in [1.54, 1.807) is 11.8 Å². The Kier molecular flexibility index (Phi) is 9.17. The maximum Gasteiger partial charge on any atom is 0.191 e. The fourth-order valence-corrected chi connectivity index (χ4v) is 2.00. The van der Waals surface area contributed by atoms with Crippen LogP contribution in [0.5, 0.6) is 0 Å². The van der Waals surface area contributed by atoms with Gasteiger partial charge in [-0.1, -0.05) is 32.5 Å². The molecule has 0 spiro atoms. The number of thioether (sulfide) groups is 1. The zero-order valence-corrected chi connectivity index (χ0v) is 14.4. The molecular weight excluding hydrogens is 284 g/mol. The highest BCUT2D eigenvalue weighted by molar-refractivity contribution is 7.98. The third-order valence-corrected chi connectivity index (χ3v) is 3.38. The predicted octanol–water partition coefficient (Wildman–Crippen LogP) is 3.50. The highest BCUT2D eigenvalue weighted by Crippen LogP contribution is 2.17. The zero-order chi connectivity index (χ0) is 15.5. The topological polar surface area (TPSA) is 59.1 Å². The van der Waals surface area contributed by atoms with Crippen LogP contribution in [0.15, 0.2) is 11.2 Å². The highest BCUT2D eigenvalue weighted by Gasteiger charge is 2.03. The standard InChI is InChI=1S/C15H28N4OS/c1-5-7-16-13-11-14(19-15(18-13)21-4)17-8-10-20-9-6-12(2)3/h11-12H,5-10H2,1-4H3,(H2,16,17,18,19). The Morgan fingerprint density at radius 3 is 2.38 bits per heavy atom. The van der Waals surface area contributed by atoms with Crippen LogP contribution in [0.3, 0.4) is 0 Å². The van der Waals surface area contributed by atoms with E-state index in [-0.39, 0.29) is 0 Å². The summed E-state index contributed by atoms with van der Waals surface area (Å²) in [6.07, 6.45) is 4.16. The molecule has 6 heteroatoms. The molecule has 5 nitrogen and oxygen atoms in total. The molecule has 1 heterocycles. The Morgan fingerprint density at radius 2 is 1.81 bits per heavy atom. The molecule has 0 bridgehead atoms. The lowest BCUT2D eigenvalue weighted by molar-refractivity contribution is 0.132. The van der Waals surface area contributed by atoms with Gasteiger partial charge in [-0.15, -0.1) is 0 Å². The summed E-state index contributed by atoms with van der Waals surface area (Å²) in [6.45, 7) is 9.75. The molecule has 1 rings (SSSR count). The van der Waals surface area contributed by atoms with Crippen LogP contribution in [0.1, 0.15) is 33.6 Å². The molecule has 1 aromatic heterocycles. The number of anilines is 2. The summed E-state index contributed by atoms with van der Waals surface area (Å²) in [5.41, 5.74) is 0. The van der Waals surface area contributed by atoms with E-state index in [9.17, 15) is 0 Å². The average Bonchev–Trinajstić information content (AvgIpc) is 2.48. The summed E-state index contributed by atoms with van der Waals surface area (Å²) < 4.78 is 5.59. The van der Waals surface area contributed by atoms with Crippen LogP contribution >= 0.6 is 11.8 Å². The van der Waals surface area contributed by atoms with Crippen molar-refractivity contribution in [3.63, 3.8) is 0 Å². The first-order chi connectivity index (χ1) is 10.2. The van der Waals surface area contributed by atoms with Gasteiger partial charge in [0.15, 0.2) is 5.16 Å². The Hall–Kier alpha value is -1.01. The van der Waals surface area contributed by atoms with E-state index in [1.807, 2.05) is 12.3 Å².